The molecule has 1 aromatic rings. The van der Waals surface area contributed by atoms with E-state index >= 15 is 0 Å². The summed E-state index contributed by atoms with van der Waals surface area (Å²) in [5.74, 6) is 0. The molecule has 1 fully saturated rings. The number of aromatic amines is 2. The third-order valence-corrected chi connectivity index (χ3v) is 3.21. The first kappa shape index (κ1) is 12.1. The third-order valence-electron chi connectivity index (χ3n) is 3.21. The fourth-order valence-corrected chi connectivity index (χ4v) is 1.47. The fourth-order valence-electron chi connectivity index (χ4n) is 1.47. The summed E-state index contributed by atoms with van der Waals surface area (Å²) in [7, 11) is -0.874. The molecule has 0 unspecified atom stereocenters. The van der Waals surface area contributed by atoms with Gasteiger partial charge in [-0.25, -0.2) is 9.89 Å². The summed E-state index contributed by atoms with van der Waals surface area (Å²) in [6.45, 7) is 7.47. The number of hydrogen-bond acceptors (Lipinski definition) is 5. The quantitative estimate of drug-likeness (QED) is 0.597. The predicted molar refractivity (Wildman–Crippen MR) is 61.2 cm³/mol. The first-order valence-corrected chi connectivity index (χ1v) is 5.27. The zero-order valence-electron chi connectivity index (χ0n) is 10.2. The predicted octanol–water partition coefficient (Wildman–Crippen LogP) is -1.24. The molecular formula is C9H14BN3O4. The number of rotatable bonds is 1. The van der Waals surface area contributed by atoms with Crippen molar-refractivity contribution in [3.05, 3.63) is 20.8 Å². The molecule has 1 aliphatic rings. The van der Waals surface area contributed by atoms with Crippen molar-refractivity contribution in [2.75, 3.05) is 0 Å². The highest BCUT2D eigenvalue weighted by molar-refractivity contribution is 6.60. The highest BCUT2D eigenvalue weighted by Crippen LogP contribution is 2.35. The maximum Gasteiger partial charge on any atom is 0.522 e. The smallest absolute Gasteiger partial charge is 0.398 e. The Morgan fingerprint density at radius 1 is 1.12 bits per heavy atom. The van der Waals surface area contributed by atoms with Gasteiger partial charge in [-0.15, -0.1) is 0 Å². The van der Waals surface area contributed by atoms with Crippen LogP contribution in [-0.2, 0) is 9.31 Å². The van der Waals surface area contributed by atoms with Gasteiger partial charge in [-0.05, 0) is 27.7 Å². The van der Waals surface area contributed by atoms with Gasteiger partial charge in [-0.2, -0.15) is 5.10 Å². The van der Waals surface area contributed by atoms with Crippen molar-refractivity contribution >= 4 is 12.7 Å². The summed E-state index contributed by atoms with van der Waals surface area (Å²) in [5.41, 5.74) is -2.35. The van der Waals surface area contributed by atoms with E-state index < -0.39 is 29.6 Å². The van der Waals surface area contributed by atoms with Crippen LogP contribution >= 0.6 is 0 Å². The zero-order valence-corrected chi connectivity index (χ0v) is 10.2. The van der Waals surface area contributed by atoms with Crippen LogP contribution in [0.25, 0.3) is 0 Å². The summed E-state index contributed by atoms with van der Waals surface area (Å²) < 4.78 is 11.3. The summed E-state index contributed by atoms with van der Waals surface area (Å²) in [4.78, 5) is 24.5. The minimum atomic E-state index is -0.874. The molecule has 8 heteroatoms. The van der Waals surface area contributed by atoms with E-state index in [1.807, 2.05) is 27.7 Å². The number of nitrogens with zero attached hydrogens (tertiary/aromatic N) is 1. The lowest BCUT2D eigenvalue weighted by Crippen LogP contribution is -2.50. The number of H-pyrrole nitrogens is 2. The van der Waals surface area contributed by atoms with Gasteiger partial charge in [0.1, 0.15) is 0 Å². The van der Waals surface area contributed by atoms with Crippen LogP contribution in [0.5, 0.6) is 0 Å². The van der Waals surface area contributed by atoms with E-state index in [4.69, 9.17) is 9.31 Å². The van der Waals surface area contributed by atoms with Gasteiger partial charge in [0.2, 0.25) is 0 Å². The maximum absolute atomic E-state index is 11.6. The second kappa shape index (κ2) is 3.54. The van der Waals surface area contributed by atoms with Gasteiger partial charge in [0.25, 0.3) is 5.56 Å². The molecule has 0 aromatic carbocycles. The van der Waals surface area contributed by atoms with E-state index in [2.05, 4.69) is 15.2 Å². The average Bonchev–Trinajstić information content (AvgIpc) is 2.35. The molecule has 2 heterocycles. The zero-order chi connectivity index (χ0) is 12.8. The molecule has 17 heavy (non-hydrogen) atoms. The molecule has 2 rings (SSSR count). The van der Waals surface area contributed by atoms with Crippen molar-refractivity contribution in [1.29, 1.82) is 0 Å². The van der Waals surface area contributed by atoms with Crippen molar-refractivity contribution in [2.45, 2.75) is 38.9 Å². The highest BCUT2D eigenvalue weighted by atomic mass is 16.7. The minimum absolute atomic E-state index is 0.0169. The molecule has 1 aliphatic heterocycles. The van der Waals surface area contributed by atoms with E-state index in [1.54, 1.807) is 0 Å². The third kappa shape index (κ3) is 1.93. The molecule has 1 saturated heterocycles. The Balaban J connectivity index is 2.39. The molecule has 1 aromatic heterocycles. The SMILES string of the molecule is CC1(C)OB(c2n[nH]c(=O)[nH]c2=O)OC1(C)C. The molecule has 0 bridgehead atoms. The number of hydrogen-bond donors (Lipinski definition) is 2. The Kier molecular flexibility index (Phi) is 2.51. The van der Waals surface area contributed by atoms with Crippen molar-refractivity contribution in [3.8, 4) is 0 Å². The maximum atomic E-state index is 11.6. The van der Waals surface area contributed by atoms with Gasteiger partial charge < -0.3 is 9.31 Å². The largest absolute Gasteiger partial charge is 0.522 e. The standard InChI is InChI=1S/C9H14BN3O4/c1-8(2)9(3,4)17-10(16-8)5-6(14)11-7(15)13-12-5/h1-4H3,(H2,11,13,14,15). The monoisotopic (exact) mass is 239 g/mol. The molecule has 0 amide bonds. The second-order valence-corrected chi connectivity index (χ2v) is 4.98. The van der Waals surface area contributed by atoms with Crippen LogP contribution < -0.4 is 16.8 Å². The van der Waals surface area contributed by atoms with Crippen LogP contribution in [0, 0.1) is 0 Å². The molecule has 0 aliphatic carbocycles. The lowest BCUT2D eigenvalue weighted by Gasteiger charge is -2.32. The van der Waals surface area contributed by atoms with Crippen LogP contribution in [0.3, 0.4) is 0 Å². The van der Waals surface area contributed by atoms with Gasteiger partial charge in [0.05, 0.1) is 11.2 Å². The van der Waals surface area contributed by atoms with E-state index in [-0.39, 0.29) is 5.59 Å². The minimum Gasteiger partial charge on any atom is -0.398 e. The topological polar surface area (TPSA) is 97.1 Å². The normalized spacial score (nSPS) is 21.8. The molecule has 7 nitrogen and oxygen atoms in total. The van der Waals surface area contributed by atoms with Crippen molar-refractivity contribution in [3.63, 3.8) is 0 Å². The van der Waals surface area contributed by atoms with Crippen LogP contribution in [0.4, 0.5) is 0 Å². The average molecular weight is 239 g/mol. The molecule has 0 atom stereocenters. The Labute approximate surface area is 97.7 Å². The molecule has 92 valence electrons. The van der Waals surface area contributed by atoms with Crippen LogP contribution in [0.1, 0.15) is 27.7 Å². The second-order valence-electron chi connectivity index (χ2n) is 4.98. The molecule has 0 spiro atoms. The highest BCUT2D eigenvalue weighted by Gasteiger charge is 2.53. The van der Waals surface area contributed by atoms with E-state index in [0.29, 0.717) is 0 Å². The lowest BCUT2D eigenvalue weighted by atomic mass is 9.85. The van der Waals surface area contributed by atoms with Crippen molar-refractivity contribution in [2.24, 2.45) is 0 Å². The van der Waals surface area contributed by atoms with E-state index in [1.165, 1.54) is 0 Å². The summed E-state index contributed by atoms with van der Waals surface area (Å²) in [6.07, 6.45) is 0. The van der Waals surface area contributed by atoms with Crippen molar-refractivity contribution in [1.82, 2.24) is 15.2 Å². The summed E-state index contributed by atoms with van der Waals surface area (Å²) in [5, 5.41) is 5.81. The van der Waals surface area contributed by atoms with Gasteiger partial charge in [-0.3, -0.25) is 9.78 Å². The molecular weight excluding hydrogens is 225 g/mol. The fraction of sp³-hybridized carbons (Fsp3) is 0.667. The van der Waals surface area contributed by atoms with Crippen LogP contribution in [0.15, 0.2) is 9.59 Å². The molecule has 0 radical (unpaired) electrons. The van der Waals surface area contributed by atoms with Gasteiger partial charge in [0.15, 0.2) is 5.59 Å². The summed E-state index contributed by atoms with van der Waals surface area (Å²) in [6, 6.07) is 0. The Morgan fingerprint density at radius 3 is 2.12 bits per heavy atom. The van der Waals surface area contributed by atoms with Gasteiger partial charge in [0, 0.05) is 0 Å². The number of aromatic nitrogens is 3. The van der Waals surface area contributed by atoms with E-state index in [9.17, 15) is 9.59 Å². The number of nitrogens with one attached hydrogen (secondary N) is 2. The Hall–Kier alpha value is -1.41. The van der Waals surface area contributed by atoms with Crippen LogP contribution in [0.2, 0.25) is 0 Å². The van der Waals surface area contributed by atoms with Crippen molar-refractivity contribution < 1.29 is 9.31 Å². The molecule has 2 N–H and O–H groups in total. The first-order chi connectivity index (χ1) is 7.73. The van der Waals surface area contributed by atoms with Gasteiger partial charge >= 0.3 is 12.8 Å². The first-order valence-electron chi connectivity index (χ1n) is 5.27. The van der Waals surface area contributed by atoms with E-state index in [0.717, 1.165) is 0 Å². The summed E-state index contributed by atoms with van der Waals surface area (Å²) >= 11 is 0. The molecule has 0 saturated carbocycles. The van der Waals surface area contributed by atoms with Crippen LogP contribution in [-0.4, -0.2) is 33.5 Å². The van der Waals surface area contributed by atoms with Gasteiger partial charge in [-0.1, -0.05) is 0 Å². The lowest BCUT2D eigenvalue weighted by molar-refractivity contribution is 0.00578. The Morgan fingerprint density at radius 2 is 1.65 bits per heavy atom. The Bertz CT molecular complexity index is 532.